The summed E-state index contributed by atoms with van der Waals surface area (Å²) in [6, 6.07) is 4.23. The third kappa shape index (κ3) is 2.55. The standard InChI is InChI=1S/C12H13FN4OS/c1-2-5-17-9-4-3-7(13)6-8(9)10(11(17)18)15-16-12(14)19/h3-4,6,18H,2,5H2,1H3,(H2,14,19). The van der Waals surface area contributed by atoms with Crippen molar-refractivity contribution in [3.63, 3.8) is 0 Å². The molecule has 19 heavy (non-hydrogen) atoms. The van der Waals surface area contributed by atoms with Gasteiger partial charge in [0, 0.05) is 11.9 Å². The van der Waals surface area contributed by atoms with E-state index in [-0.39, 0.29) is 16.7 Å². The Morgan fingerprint density at radius 3 is 2.89 bits per heavy atom. The van der Waals surface area contributed by atoms with Crippen LogP contribution in [0.4, 0.5) is 10.1 Å². The van der Waals surface area contributed by atoms with E-state index < -0.39 is 5.82 Å². The first-order valence-electron chi connectivity index (χ1n) is 5.76. The predicted octanol–water partition coefficient (Wildman–Crippen LogP) is 3.22. The fourth-order valence-corrected chi connectivity index (χ4v) is 1.98. The first-order valence-corrected chi connectivity index (χ1v) is 6.17. The molecule has 0 aliphatic carbocycles. The van der Waals surface area contributed by atoms with Gasteiger partial charge in [0.25, 0.3) is 0 Å². The molecule has 0 saturated carbocycles. The largest absolute Gasteiger partial charge is 0.493 e. The van der Waals surface area contributed by atoms with Crippen molar-refractivity contribution in [2.75, 3.05) is 0 Å². The lowest BCUT2D eigenvalue weighted by Gasteiger charge is -2.03. The first-order chi connectivity index (χ1) is 9.04. The highest BCUT2D eigenvalue weighted by molar-refractivity contribution is 7.80. The van der Waals surface area contributed by atoms with Gasteiger partial charge in [-0.05, 0) is 36.8 Å². The van der Waals surface area contributed by atoms with Crippen molar-refractivity contribution in [2.45, 2.75) is 19.9 Å². The molecule has 3 N–H and O–H groups in total. The number of hydrogen-bond donors (Lipinski definition) is 2. The summed E-state index contributed by atoms with van der Waals surface area (Å²) in [6.07, 6.45) is 0.820. The zero-order valence-electron chi connectivity index (χ0n) is 10.3. The molecule has 0 radical (unpaired) electrons. The molecule has 0 aliphatic heterocycles. The molecule has 5 nitrogen and oxygen atoms in total. The van der Waals surface area contributed by atoms with E-state index in [0.717, 1.165) is 6.42 Å². The van der Waals surface area contributed by atoms with Crippen LogP contribution < -0.4 is 5.73 Å². The van der Waals surface area contributed by atoms with Gasteiger partial charge in [0.15, 0.2) is 5.69 Å². The van der Waals surface area contributed by atoms with Crippen LogP contribution in [0.3, 0.4) is 0 Å². The second kappa shape index (κ2) is 5.31. The number of aromatic hydroxyl groups is 1. The van der Waals surface area contributed by atoms with Crippen LogP contribution in [-0.4, -0.2) is 14.8 Å². The van der Waals surface area contributed by atoms with E-state index in [4.69, 9.17) is 5.73 Å². The van der Waals surface area contributed by atoms with Gasteiger partial charge in [-0.15, -0.1) is 10.2 Å². The zero-order valence-corrected chi connectivity index (χ0v) is 11.1. The number of nitrogens with zero attached hydrogens (tertiary/aromatic N) is 3. The lowest BCUT2D eigenvalue weighted by molar-refractivity contribution is 0.421. The van der Waals surface area contributed by atoms with Gasteiger partial charge < -0.3 is 15.4 Å². The maximum Gasteiger partial charge on any atom is 0.220 e. The summed E-state index contributed by atoms with van der Waals surface area (Å²) in [6.45, 7) is 2.57. The van der Waals surface area contributed by atoms with Crippen LogP contribution in [0.1, 0.15) is 13.3 Å². The van der Waals surface area contributed by atoms with Crippen LogP contribution >= 0.6 is 12.2 Å². The summed E-state index contributed by atoms with van der Waals surface area (Å²) < 4.78 is 15.0. The van der Waals surface area contributed by atoms with Gasteiger partial charge in [0.1, 0.15) is 5.82 Å². The third-order valence-electron chi connectivity index (χ3n) is 2.67. The van der Waals surface area contributed by atoms with E-state index in [1.54, 1.807) is 10.6 Å². The molecule has 0 saturated heterocycles. The predicted molar refractivity (Wildman–Crippen MR) is 75.2 cm³/mol. The number of fused-ring (bicyclic) bond motifs is 1. The molecule has 0 unspecified atom stereocenters. The number of thiocarbonyl (C=S) groups is 1. The van der Waals surface area contributed by atoms with Crippen LogP contribution in [0.25, 0.3) is 10.9 Å². The van der Waals surface area contributed by atoms with Gasteiger partial charge in [0.05, 0.1) is 5.52 Å². The average molecular weight is 280 g/mol. The molecule has 0 atom stereocenters. The van der Waals surface area contributed by atoms with Crippen molar-refractivity contribution < 1.29 is 9.50 Å². The number of aryl methyl sites for hydroxylation is 1. The number of hydrogen-bond acceptors (Lipinski definition) is 3. The summed E-state index contributed by atoms with van der Waals surface area (Å²) in [4.78, 5) is 0. The second-order valence-corrected chi connectivity index (χ2v) is 4.44. The number of rotatable bonds is 3. The van der Waals surface area contributed by atoms with Gasteiger partial charge in [0.2, 0.25) is 11.0 Å². The molecule has 7 heteroatoms. The van der Waals surface area contributed by atoms with Crippen molar-refractivity contribution in [2.24, 2.45) is 16.0 Å². The summed E-state index contributed by atoms with van der Waals surface area (Å²) in [5.41, 5.74) is 6.11. The zero-order chi connectivity index (χ0) is 14.0. The normalized spacial score (nSPS) is 11.5. The van der Waals surface area contributed by atoms with Crippen molar-refractivity contribution >= 4 is 33.9 Å². The Morgan fingerprint density at radius 2 is 2.26 bits per heavy atom. The Balaban J connectivity index is 2.70. The van der Waals surface area contributed by atoms with Gasteiger partial charge in [-0.3, -0.25) is 0 Å². The maximum atomic E-state index is 13.3. The van der Waals surface area contributed by atoms with Crippen molar-refractivity contribution in [3.05, 3.63) is 24.0 Å². The van der Waals surface area contributed by atoms with Crippen LogP contribution in [0.2, 0.25) is 0 Å². The molecule has 2 rings (SSSR count). The molecule has 0 fully saturated rings. The lowest BCUT2D eigenvalue weighted by Crippen LogP contribution is -2.01. The Bertz CT molecular complexity index is 665. The number of azo groups is 1. The maximum absolute atomic E-state index is 13.3. The molecular formula is C12H13FN4OS. The number of nitrogens with two attached hydrogens (primary N) is 1. The number of halogens is 1. The highest BCUT2D eigenvalue weighted by atomic mass is 32.1. The van der Waals surface area contributed by atoms with E-state index in [9.17, 15) is 9.50 Å². The van der Waals surface area contributed by atoms with Gasteiger partial charge >= 0.3 is 0 Å². The lowest BCUT2D eigenvalue weighted by atomic mass is 10.2. The van der Waals surface area contributed by atoms with E-state index in [1.165, 1.54) is 12.1 Å². The molecule has 0 bridgehead atoms. The first kappa shape index (κ1) is 13.4. The average Bonchev–Trinajstić information content (AvgIpc) is 2.60. The monoisotopic (exact) mass is 280 g/mol. The van der Waals surface area contributed by atoms with E-state index in [0.29, 0.717) is 17.4 Å². The Kier molecular flexibility index (Phi) is 3.75. The molecule has 100 valence electrons. The molecular weight excluding hydrogens is 267 g/mol. The van der Waals surface area contributed by atoms with Gasteiger partial charge in [-0.1, -0.05) is 6.92 Å². The van der Waals surface area contributed by atoms with Gasteiger partial charge in [-0.2, -0.15) is 0 Å². The van der Waals surface area contributed by atoms with E-state index >= 15 is 0 Å². The number of benzene rings is 1. The minimum absolute atomic E-state index is 0.0672. The molecule has 0 aliphatic rings. The highest BCUT2D eigenvalue weighted by Gasteiger charge is 2.16. The molecule has 1 aromatic heterocycles. The molecule has 1 heterocycles. The van der Waals surface area contributed by atoms with Crippen molar-refractivity contribution in [1.29, 1.82) is 0 Å². The Morgan fingerprint density at radius 1 is 1.53 bits per heavy atom. The molecule has 1 aromatic carbocycles. The topological polar surface area (TPSA) is 75.9 Å². The highest BCUT2D eigenvalue weighted by Crippen LogP contribution is 2.39. The Hall–Kier alpha value is -2.02. The minimum atomic E-state index is -0.409. The summed E-state index contributed by atoms with van der Waals surface area (Å²) in [5.74, 6) is -0.477. The van der Waals surface area contributed by atoms with Crippen molar-refractivity contribution in [1.82, 2.24) is 4.57 Å². The van der Waals surface area contributed by atoms with Crippen LogP contribution in [-0.2, 0) is 6.54 Å². The van der Waals surface area contributed by atoms with Gasteiger partial charge in [-0.25, -0.2) is 4.39 Å². The third-order valence-corrected chi connectivity index (χ3v) is 2.75. The SMILES string of the molecule is CCCn1c(O)c(N=NC(N)=S)c2cc(F)ccc21. The molecule has 0 spiro atoms. The summed E-state index contributed by atoms with van der Waals surface area (Å²) in [7, 11) is 0. The van der Waals surface area contributed by atoms with E-state index in [2.05, 4.69) is 22.4 Å². The van der Waals surface area contributed by atoms with E-state index in [1.807, 2.05) is 6.92 Å². The van der Waals surface area contributed by atoms with Crippen LogP contribution in [0.15, 0.2) is 28.4 Å². The quantitative estimate of drug-likeness (QED) is 0.669. The summed E-state index contributed by atoms with van der Waals surface area (Å²) >= 11 is 4.60. The second-order valence-electron chi connectivity index (χ2n) is 4.02. The minimum Gasteiger partial charge on any atom is -0.493 e. The fourth-order valence-electron chi connectivity index (χ4n) is 1.94. The Labute approximate surface area is 114 Å². The summed E-state index contributed by atoms with van der Waals surface area (Å²) in [5, 5.41) is 17.8. The fraction of sp³-hybridized carbons (Fsp3) is 0.250. The molecule has 2 aromatic rings. The van der Waals surface area contributed by atoms with Crippen LogP contribution in [0, 0.1) is 5.82 Å². The van der Waals surface area contributed by atoms with Crippen LogP contribution in [0.5, 0.6) is 5.88 Å². The molecule has 0 amide bonds. The smallest absolute Gasteiger partial charge is 0.220 e. The number of aromatic nitrogens is 1. The van der Waals surface area contributed by atoms with Crippen molar-refractivity contribution in [3.8, 4) is 5.88 Å².